The van der Waals surface area contributed by atoms with Crippen molar-refractivity contribution in [2.24, 2.45) is 0 Å². The van der Waals surface area contributed by atoms with Gasteiger partial charge < -0.3 is 0 Å². The van der Waals surface area contributed by atoms with Gasteiger partial charge in [-0.05, 0) is 29.8 Å². The Balaban J connectivity index is 2.78. The molecule has 1 aromatic heterocycles. The minimum Gasteiger partial charge on any atom is -0.265 e. The van der Waals surface area contributed by atoms with Gasteiger partial charge in [-0.3, -0.25) is 4.68 Å². The van der Waals surface area contributed by atoms with Crippen molar-refractivity contribution in [1.29, 1.82) is 0 Å². The Hall–Kier alpha value is -0.280. The molecule has 0 N–H and O–H groups in total. The van der Waals surface area contributed by atoms with Crippen molar-refractivity contribution >= 4 is 27.5 Å². The smallest absolute Gasteiger partial charge is 0.0738 e. The second kappa shape index (κ2) is 4.82. The van der Waals surface area contributed by atoms with Crippen LogP contribution in [0, 0.1) is 13.8 Å². The first kappa shape index (κ1) is 10.8. The van der Waals surface area contributed by atoms with Crippen LogP contribution < -0.4 is 0 Å². The number of nitrogens with zero attached hydrogens (tertiary/aromatic N) is 2. The Morgan fingerprint density at radius 1 is 1.46 bits per heavy atom. The van der Waals surface area contributed by atoms with Crippen LogP contribution in [0.3, 0.4) is 0 Å². The molecule has 0 atom stereocenters. The van der Waals surface area contributed by atoms with Crippen molar-refractivity contribution in [3.05, 3.63) is 28.0 Å². The normalized spacial score (nSPS) is 11.4. The van der Waals surface area contributed by atoms with Gasteiger partial charge in [0.25, 0.3) is 0 Å². The molecule has 4 heteroatoms. The quantitative estimate of drug-likeness (QED) is 0.605. The Labute approximate surface area is 91.7 Å². The van der Waals surface area contributed by atoms with Gasteiger partial charge in [0.1, 0.15) is 0 Å². The Bertz CT molecular complexity index is 318. The molecule has 0 aliphatic rings. The number of alkyl halides is 1. The van der Waals surface area contributed by atoms with Crippen LogP contribution in [-0.2, 0) is 6.54 Å². The van der Waals surface area contributed by atoms with E-state index in [-0.39, 0.29) is 0 Å². The minimum absolute atomic E-state index is 0.556. The summed E-state index contributed by atoms with van der Waals surface area (Å²) < 4.78 is 3.04. The monoisotopic (exact) mass is 262 g/mol. The first-order valence-electron chi connectivity index (χ1n) is 4.07. The van der Waals surface area contributed by atoms with Crippen LogP contribution in [0.25, 0.3) is 0 Å². The second-order valence-corrected chi connectivity index (χ2v) is 3.89. The highest BCUT2D eigenvalue weighted by Crippen LogP contribution is 2.19. The predicted molar refractivity (Wildman–Crippen MR) is 59.3 cm³/mol. The summed E-state index contributed by atoms with van der Waals surface area (Å²) in [6, 6.07) is 0. The van der Waals surface area contributed by atoms with Gasteiger partial charge in [0.2, 0.25) is 0 Å². The lowest BCUT2D eigenvalue weighted by molar-refractivity contribution is 0.671. The zero-order valence-corrected chi connectivity index (χ0v) is 10.1. The molecule has 0 saturated carbocycles. The highest BCUT2D eigenvalue weighted by Gasteiger charge is 2.06. The van der Waals surface area contributed by atoms with Crippen LogP contribution in [0.5, 0.6) is 0 Å². The molecular weight excluding hydrogens is 251 g/mol. The fourth-order valence-electron chi connectivity index (χ4n) is 1.09. The highest BCUT2D eigenvalue weighted by atomic mass is 79.9. The standard InChI is InChI=1S/C9H12BrClN2/c1-7-9(10)8(2)13(12-7)6-4-3-5-11/h3-4H,5-6H2,1-2H3. The average molecular weight is 264 g/mol. The largest absolute Gasteiger partial charge is 0.265 e. The lowest BCUT2D eigenvalue weighted by atomic mass is 10.4. The van der Waals surface area contributed by atoms with Crippen molar-refractivity contribution in [1.82, 2.24) is 9.78 Å². The average Bonchev–Trinajstić information content (AvgIpc) is 2.34. The number of hydrogen-bond acceptors (Lipinski definition) is 1. The van der Waals surface area contributed by atoms with E-state index in [1.54, 1.807) is 0 Å². The number of aromatic nitrogens is 2. The van der Waals surface area contributed by atoms with E-state index >= 15 is 0 Å². The molecule has 0 amide bonds. The number of hydrogen-bond donors (Lipinski definition) is 0. The number of rotatable bonds is 3. The summed E-state index contributed by atoms with van der Waals surface area (Å²) in [4.78, 5) is 0. The van der Waals surface area contributed by atoms with Crippen molar-refractivity contribution in [3.63, 3.8) is 0 Å². The van der Waals surface area contributed by atoms with E-state index < -0.39 is 0 Å². The molecule has 1 rings (SSSR count). The molecule has 0 aliphatic heterocycles. The third-order valence-electron chi connectivity index (χ3n) is 1.83. The molecule has 0 spiro atoms. The summed E-state index contributed by atoms with van der Waals surface area (Å²) in [7, 11) is 0. The van der Waals surface area contributed by atoms with Crippen molar-refractivity contribution in [2.45, 2.75) is 20.4 Å². The van der Waals surface area contributed by atoms with E-state index in [2.05, 4.69) is 21.0 Å². The first-order valence-corrected chi connectivity index (χ1v) is 5.40. The maximum absolute atomic E-state index is 5.52. The zero-order valence-electron chi connectivity index (χ0n) is 7.72. The molecule has 0 aliphatic carbocycles. The molecule has 1 heterocycles. The van der Waals surface area contributed by atoms with Crippen LogP contribution in [-0.4, -0.2) is 15.7 Å². The van der Waals surface area contributed by atoms with E-state index in [1.807, 2.05) is 30.7 Å². The minimum atomic E-state index is 0.556. The van der Waals surface area contributed by atoms with Gasteiger partial charge in [-0.1, -0.05) is 12.2 Å². The van der Waals surface area contributed by atoms with Crippen LogP contribution in [0.15, 0.2) is 16.6 Å². The van der Waals surface area contributed by atoms with Crippen LogP contribution in [0.1, 0.15) is 11.4 Å². The third-order valence-corrected chi connectivity index (χ3v) is 3.15. The lowest BCUT2D eigenvalue weighted by Gasteiger charge is -1.98. The topological polar surface area (TPSA) is 17.8 Å². The third kappa shape index (κ3) is 2.58. The van der Waals surface area contributed by atoms with Gasteiger partial charge in [0.05, 0.1) is 22.4 Å². The van der Waals surface area contributed by atoms with Crippen molar-refractivity contribution < 1.29 is 0 Å². The van der Waals surface area contributed by atoms with Gasteiger partial charge in [-0.25, -0.2) is 0 Å². The SMILES string of the molecule is Cc1nn(CC=CCCl)c(C)c1Br. The highest BCUT2D eigenvalue weighted by molar-refractivity contribution is 9.10. The molecule has 13 heavy (non-hydrogen) atoms. The summed E-state index contributed by atoms with van der Waals surface area (Å²) in [6.07, 6.45) is 3.94. The van der Waals surface area contributed by atoms with Crippen molar-refractivity contribution in [3.8, 4) is 0 Å². The maximum Gasteiger partial charge on any atom is 0.0738 e. The summed E-state index contributed by atoms with van der Waals surface area (Å²) in [5.74, 6) is 0.556. The van der Waals surface area contributed by atoms with E-state index in [4.69, 9.17) is 11.6 Å². The molecule has 2 nitrogen and oxygen atoms in total. The number of aryl methyl sites for hydroxylation is 1. The molecule has 72 valence electrons. The molecule has 0 unspecified atom stereocenters. The van der Waals surface area contributed by atoms with Gasteiger partial charge in [0, 0.05) is 5.88 Å². The van der Waals surface area contributed by atoms with Gasteiger partial charge in [-0.2, -0.15) is 5.10 Å². The van der Waals surface area contributed by atoms with Gasteiger partial charge >= 0.3 is 0 Å². The van der Waals surface area contributed by atoms with Crippen LogP contribution in [0.2, 0.25) is 0 Å². The molecule has 0 aromatic carbocycles. The van der Waals surface area contributed by atoms with E-state index in [1.165, 1.54) is 0 Å². The van der Waals surface area contributed by atoms with E-state index in [0.29, 0.717) is 5.88 Å². The van der Waals surface area contributed by atoms with Crippen molar-refractivity contribution in [2.75, 3.05) is 5.88 Å². The van der Waals surface area contributed by atoms with Crippen LogP contribution in [0.4, 0.5) is 0 Å². The summed E-state index contributed by atoms with van der Waals surface area (Å²) in [5, 5.41) is 4.36. The second-order valence-electron chi connectivity index (χ2n) is 2.79. The van der Waals surface area contributed by atoms with Gasteiger partial charge in [0.15, 0.2) is 0 Å². The molecule has 0 radical (unpaired) electrons. The predicted octanol–water partition coefficient (Wildman–Crippen LogP) is 3.06. The molecule has 1 aromatic rings. The zero-order chi connectivity index (χ0) is 9.84. The molecule has 0 saturated heterocycles. The number of allylic oxidation sites excluding steroid dienone is 2. The van der Waals surface area contributed by atoms with E-state index in [0.717, 1.165) is 22.4 Å². The molecular formula is C9H12BrClN2. The Kier molecular flexibility index (Phi) is 4.00. The molecule has 0 bridgehead atoms. The summed E-state index contributed by atoms with van der Waals surface area (Å²) >= 11 is 8.99. The van der Waals surface area contributed by atoms with E-state index in [9.17, 15) is 0 Å². The Morgan fingerprint density at radius 2 is 2.15 bits per heavy atom. The lowest BCUT2D eigenvalue weighted by Crippen LogP contribution is -1.99. The van der Waals surface area contributed by atoms with Crippen LogP contribution >= 0.6 is 27.5 Å². The fraction of sp³-hybridized carbons (Fsp3) is 0.444. The first-order chi connectivity index (χ1) is 6.16. The Morgan fingerprint density at radius 3 is 2.62 bits per heavy atom. The summed E-state index contributed by atoms with van der Waals surface area (Å²) in [6.45, 7) is 4.81. The summed E-state index contributed by atoms with van der Waals surface area (Å²) in [5.41, 5.74) is 2.17. The number of halogens is 2. The fourth-order valence-corrected chi connectivity index (χ4v) is 1.50. The maximum atomic E-state index is 5.52. The molecule has 0 fully saturated rings. The van der Waals surface area contributed by atoms with Gasteiger partial charge in [-0.15, -0.1) is 11.6 Å².